The lowest BCUT2D eigenvalue weighted by molar-refractivity contribution is -0.697. The molecule has 7 aliphatic heterocycles. The molecule has 5 aromatic carbocycles. The Balaban J connectivity index is 0.984. The van der Waals surface area contributed by atoms with Crippen LogP contribution in [0.1, 0.15) is 207 Å². The first-order valence-corrected chi connectivity index (χ1v) is 50.5. The average molecular weight is 2140 g/mol. The second-order valence-electron chi connectivity index (χ2n) is 38.6. The van der Waals surface area contributed by atoms with Crippen LogP contribution in [0, 0.1) is 5.92 Å². The number of amides is 9. The first kappa shape index (κ1) is 118. The van der Waals surface area contributed by atoms with E-state index in [4.69, 9.17) is 72.6 Å². The molecule has 46 nitrogen and oxygen atoms in total. The van der Waals surface area contributed by atoms with Crippen molar-refractivity contribution >= 4 is 76.4 Å². The molecule has 0 spiro atoms. The predicted molar refractivity (Wildman–Crippen MR) is 528 cm³/mol. The Morgan fingerprint density at radius 3 is 1.81 bits per heavy atom. The number of hydrogen-bond donors (Lipinski definition) is 28. The van der Waals surface area contributed by atoms with E-state index in [2.05, 4.69) is 59.3 Å². The molecule has 9 amide bonds. The number of halogens is 2. The molecule has 13 rings (SSSR count). The Morgan fingerprint density at radius 2 is 1.21 bits per heavy atom. The Hall–Kier alpha value is -11.0. The lowest BCUT2D eigenvalue weighted by Crippen LogP contribution is -2.65. The minimum absolute atomic E-state index is 0.141. The van der Waals surface area contributed by atoms with Crippen molar-refractivity contribution in [3.8, 4) is 57.1 Å². The summed E-state index contributed by atoms with van der Waals surface area (Å²) < 4.78 is 52.6. The molecule has 8 unspecified atom stereocenters. The molecular weight excluding hydrogens is 2000 g/mol. The number of aryl methyl sites for hydroxylation is 1. The van der Waals surface area contributed by atoms with Gasteiger partial charge in [0.05, 0.1) is 67.1 Å². The highest BCUT2D eigenvalue weighted by Gasteiger charge is 2.54. The van der Waals surface area contributed by atoms with Gasteiger partial charge in [-0.3, -0.25) is 43.2 Å². The number of aromatic nitrogens is 1. The number of fused-ring (bicyclic) bond motifs is 16. The van der Waals surface area contributed by atoms with Crippen molar-refractivity contribution in [3.63, 3.8) is 0 Å². The van der Waals surface area contributed by atoms with Crippen LogP contribution in [0.5, 0.6) is 46.0 Å². The summed E-state index contributed by atoms with van der Waals surface area (Å²) in [6.07, 6.45) is -20.6. The Labute approximate surface area is 868 Å². The summed E-state index contributed by atoms with van der Waals surface area (Å²) in [6, 6.07) is 5.13. The monoisotopic (exact) mass is 2130 g/mol. The van der Waals surface area contributed by atoms with Crippen molar-refractivity contribution in [2.45, 2.75) is 315 Å². The van der Waals surface area contributed by atoms with Gasteiger partial charge in [-0.15, -0.1) is 0 Å². The summed E-state index contributed by atoms with van der Waals surface area (Å²) in [7, 11) is 1.46. The van der Waals surface area contributed by atoms with Crippen LogP contribution in [0.25, 0.3) is 11.1 Å². The number of primary amides is 2. The Morgan fingerprint density at radius 1 is 0.617 bits per heavy atom. The average Bonchev–Trinajstić information content (AvgIpc) is 0.767. The van der Waals surface area contributed by atoms with Gasteiger partial charge in [0.1, 0.15) is 133 Å². The third kappa shape index (κ3) is 30.7. The van der Waals surface area contributed by atoms with Gasteiger partial charge in [0.15, 0.2) is 48.7 Å². The molecule has 7 aliphatic rings. The zero-order valence-corrected chi connectivity index (χ0v) is 84.7. The highest BCUT2D eigenvalue weighted by molar-refractivity contribution is 6.32. The molecule has 26 atom stereocenters. The molecule has 820 valence electrons. The molecule has 1 aromatic heterocycles. The molecule has 48 heteroatoms. The van der Waals surface area contributed by atoms with Gasteiger partial charge in [-0.1, -0.05) is 126 Å². The lowest BCUT2D eigenvalue weighted by Gasteiger charge is -2.48. The van der Waals surface area contributed by atoms with Gasteiger partial charge < -0.3 is 184 Å². The molecule has 30 N–H and O–H groups in total. The fourth-order valence-corrected chi connectivity index (χ4v) is 18.8. The lowest BCUT2D eigenvalue weighted by atomic mass is 9.84. The van der Waals surface area contributed by atoms with Gasteiger partial charge >= 0.3 is 0 Å². The maximum Gasteiger partial charge on any atom is 0.251 e. The molecule has 9 bridgehead atoms. The van der Waals surface area contributed by atoms with E-state index in [1.807, 2.05) is 24.5 Å². The number of likely N-dealkylation sites (N-methyl/N-ethyl adjacent to an activating group) is 1. The van der Waals surface area contributed by atoms with Gasteiger partial charge in [-0.25, -0.2) is 4.57 Å². The zero-order chi connectivity index (χ0) is 109. The third-order valence-electron chi connectivity index (χ3n) is 26.8. The summed E-state index contributed by atoms with van der Waals surface area (Å²) in [4.78, 5) is 133. The van der Waals surface area contributed by atoms with Gasteiger partial charge in [0.2, 0.25) is 59.3 Å². The van der Waals surface area contributed by atoms with Gasteiger partial charge in [-0.2, -0.15) is 0 Å². The maximum absolute atomic E-state index is 16.3. The normalized spacial score (nSPS) is 26.9. The number of aromatic hydroxyl groups is 3. The maximum atomic E-state index is 16.3. The van der Waals surface area contributed by atoms with Crippen molar-refractivity contribution in [3.05, 3.63) is 147 Å². The first-order chi connectivity index (χ1) is 70.9. The largest absolute Gasteiger partial charge is 0.508 e. The number of phenols is 3. The molecule has 0 radical (unpaired) electrons. The number of nitrogens with two attached hydrogens (primary N) is 2. The van der Waals surface area contributed by atoms with E-state index >= 15 is 19.2 Å². The fourth-order valence-electron chi connectivity index (χ4n) is 18.3. The summed E-state index contributed by atoms with van der Waals surface area (Å²) >= 11 is 14.4. The minimum atomic E-state index is -2.54. The Bertz CT molecular complexity index is 5550. The van der Waals surface area contributed by atoms with Crippen molar-refractivity contribution in [1.29, 1.82) is 0 Å². The predicted octanol–water partition coefficient (Wildman–Crippen LogP) is 0.101. The van der Waals surface area contributed by atoms with Crippen molar-refractivity contribution in [2.75, 3.05) is 40.0 Å². The molecule has 3 fully saturated rings. The van der Waals surface area contributed by atoms with Crippen LogP contribution >= 0.6 is 23.2 Å². The highest BCUT2D eigenvalue weighted by atomic mass is 35.5. The van der Waals surface area contributed by atoms with E-state index in [0.29, 0.717) is 0 Å². The third-order valence-corrected chi connectivity index (χ3v) is 27.4. The standard InChI is InChI=1S/C101H138Cl2N12O34/c1-7-8-9-10-11-12-13-14-15-16-17-18-30-115-31-26-50(27-32-115)44-109-101(5)43-74(142-49(4)91(101)134)147-90-84(130)82(128)71(47-118)146-100(90)149-89-68-37-54-38-69(89)144-67-25-22-53(36-59(67)103)80(126)79(114-93(136)60(106-6)33-48(2)3)97(140)110-61(41-72(104)124)94(137)113-77(54)96(139)112-76(92(105)135)52-20-23-62(120)56(34-52)75-57(39-55(119)40-64(75)122)78(111-73(125)42-63(121)51-21-24-66(143-68)58(102)35-51)95(138)107-28-19-29-108-98(141)86(132)85(131)88(65(123)45-116)148-99-87(133)83(129)81(127)70(46-117)145-99/h20-27,31-32,34-40,48-49,60-61,63,65,70-71,74,76-88,90-91,99-100,106,109,116-118,121,123,126-134H,7-19,28-30,33,41-47H2,1-6H3,(H13-,104,105,107,108,110,111,112,113,114,119,120,122,124,125,135,136,137,138,139,140,141)/p+1/t49?,60-,61+,63+,65-,70?,71-,74+,76-,77-,78+,79-,80-,81?,82+,83?,84?,85-,86-,87?,88-,90?,91+,99?,100-,101-/m1/s1. The number of rotatable bonds is 42. The summed E-state index contributed by atoms with van der Waals surface area (Å²) in [6.45, 7) is 6.00. The van der Waals surface area contributed by atoms with Crippen LogP contribution in [-0.2, 0) is 79.9 Å². The number of benzene rings is 5. The second-order valence-corrected chi connectivity index (χ2v) is 39.5. The van der Waals surface area contributed by atoms with E-state index in [9.17, 15) is 111 Å². The van der Waals surface area contributed by atoms with Crippen LogP contribution in [0.2, 0.25) is 10.0 Å². The summed E-state index contributed by atoms with van der Waals surface area (Å²) in [5.41, 5.74) is 8.56. The second kappa shape index (κ2) is 54.8. The molecule has 149 heavy (non-hydrogen) atoms. The van der Waals surface area contributed by atoms with Crippen LogP contribution in [0.3, 0.4) is 0 Å². The molecule has 0 saturated carbocycles. The fraction of sp³-hybridized carbons (Fsp3) is 0.564. The number of nitrogens with zero attached hydrogens (tertiary/aromatic N) is 1. The van der Waals surface area contributed by atoms with Crippen LogP contribution in [0.15, 0.2) is 103 Å². The number of carbonyl (C=O) groups excluding carboxylic acids is 9. The number of ether oxygens (including phenoxy) is 8. The number of pyridine rings is 1. The molecule has 3 saturated heterocycles. The first-order valence-electron chi connectivity index (χ1n) is 49.7. The van der Waals surface area contributed by atoms with Crippen molar-refractivity contribution in [1.82, 2.24) is 47.9 Å². The molecule has 0 aliphatic carbocycles. The minimum Gasteiger partial charge on any atom is -0.508 e. The topological polar surface area (TPSA) is 736 Å². The summed E-state index contributed by atoms with van der Waals surface area (Å²) in [5.74, 6) is -17.3. The number of unbranched alkanes of at least 4 members (excludes halogenated alkanes) is 11. The zero-order valence-electron chi connectivity index (χ0n) is 83.2. The van der Waals surface area contributed by atoms with Gasteiger partial charge in [0.25, 0.3) is 5.91 Å². The highest BCUT2D eigenvalue weighted by Crippen LogP contribution is 2.50. The van der Waals surface area contributed by atoms with E-state index in [1.165, 1.54) is 83.0 Å². The van der Waals surface area contributed by atoms with E-state index in [1.54, 1.807) is 27.7 Å². The van der Waals surface area contributed by atoms with Crippen molar-refractivity contribution < 1.29 is 172 Å². The number of aliphatic hydroxyl groups is 14. The van der Waals surface area contributed by atoms with Crippen LogP contribution in [0.4, 0.5) is 0 Å². The van der Waals surface area contributed by atoms with Gasteiger partial charge in [0, 0.05) is 67.3 Å². The summed E-state index contributed by atoms with van der Waals surface area (Å²) in [5, 5.41) is 214. The molecule has 6 aromatic rings. The molecular formula is C101H139Cl2N12O34+. The smallest absolute Gasteiger partial charge is 0.251 e. The van der Waals surface area contributed by atoms with E-state index in [0.717, 1.165) is 92.0 Å². The Kier molecular flexibility index (Phi) is 43.5. The number of nitrogens with one attached hydrogen (secondary N) is 9. The van der Waals surface area contributed by atoms with Gasteiger partial charge in [-0.05, 0) is 134 Å². The number of hydrogen-bond acceptors (Lipinski definition) is 36. The van der Waals surface area contributed by atoms with E-state index in [-0.39, 0.29) is 42.9 Å². The van der Waals surface area contributed by atoms with Crippen LogP contribution < -0.4 is 78.1 Å². The number of phenolic OH excluding ortho intramolecular Hbond substituents is 3. The quantitative estimate of drug-likeness (QED) is 0.0178. The van der Waals surface area contributed by atoms with Crippen molar-refractivity contribution in [2.24, 2.45) is 17.4 Å². The SMILES string of the molecule is CCCCCCCCCCCCCC[n+]1ccc(CN[C@]2(C)C[C@H](OC3C(O)[C@@H](O)[C@@H](CO)O[C@@H]3Oc3c4cc5cc3Oc3ccc(cc3Cl)[C@@H](O)CC(=O)N[C@H](C(=O)NCCCNC(=O)[C@H](O)[C@@H](O)[C@H](OC3OC(CO)C(O)C(O)C3O)[C@H](O)CO)c3cc(O)cc(O)c3-c3cc(ccc3O)[C@H](C(N)=O)NC(=O)[C@@H]5NC(=O)[C@H](CC(N)=O)NC(=O)[C@H](NC(=O)[C@@H](CC(C)C)NC)[C@H](O)c3ccc(c(Cl)c3)O4)OC(C)[C@@H]2O)cc1. The number of carbonyl (C=O) groups is 9. The molecule has 8 heterocycles. The van der Waals surface area contributed by atoms with Crippen LogP contribution in [-0.4, -0.2) is 308 Å². The number of aliphatic hydroxyl groups excluding tert-OH is 14. The van der Waals surface area contributed by atoms with E-state index < -0.39 is 341 Å².